The van der Waals surface area contributed by atoms with Crippen molar-refractivity contribution in [2.45, 2.75) is 13.5 Å². The highest BCUT2D eigenvalue weighted by Gasteiger charge is 2.09. The van der Waals surface area contributed by atoms with E-state index in [4.69, 9.17) is 9.47 Å². The van der Waals surface area contributed by atoms with E-state index in [-0.39, 0.29) is 0 Å². The fraction of sp³-hybridized carbons (Fsp3) is 0.231. The lowest BCUT2D eigenvalue weighted by molar-refractivity contribution is 0.232. The van der Waals surface area contributed by atoms with Gasteiger partial charge in [-0.15, -0.1) is 0 Å². The lowest BCUT2D eigenvalue weighted by atomic mass is 10.00. The zero-order chi connectivity index (χ0) is 10.5. The molecular formula is C13H14O2. The number of fused-ring (bicyclic) bond motifs is 1. The van der Waals surface area contributed by atoms with Gasteiger partial charge in [0.1, 0.15) is 6.61 Å². The van der Waals surface area contributed by atoms with Gasteiger partial charge in [-0.2, -0.15) is 0 Å². The van der Waals surface area contributed by atoms with E-state index in [0.717, 1.165) is 5.57 Å². The molecule has 2 nitrogen and oxygen atoms in total. The van der Waals surface area contributed by atoms with E-state index in [1.165, 1.54) is 11.1 Å². The first-order valence-corrected chi connectivity index (χ1v) is 5.10. The molecule has 0 amide bonds. The fourth-order valence-corrected chi connectivity index (χ4v) is 1.56. The van der Waals surface area contributed by atoms with Gasteiger partial charge < -0.3 is 9.47 Å². The molecule has 1 aliphatic rings. The highest BCUT2D eigenvalue weighted by atomic mass is 16.5. The van der Waals surface area contributed by atoms with Crippen LogP contribution in [0, 0.1) is 0 Å². The van der Waals surface area contributed by atoms with Gasteiger partial charge in [-0.1, -0.05) is 24.3 Å². The summed E-state index contributed by atoms with van der Waals surface area (Å²) in [6.07, 6.45) is 5.41. The summed E-state index contributed by atoms with van der Waals surface area (Å²) in [6, 6.07) is 8.24. The van der Waals surface area contributed by atoms with Crippen molar-refractivity contribution in [1.82, 2.24) is 0 Å². The lowest BCUT2D eigenvalue weighted by Crippen LogP contribution is -1.99. The Morgan fingerprint density at radius 3 is 3.13 bits per heavy atom. The number of hydrogen-bond acceptors (Lipinski definition) is 2. The minimum absolute atomic E-state index is 0.655. The summed E-state index contributed by atoms with van der Waals surface area (Å²) in [7, 11) is 0. The van der Waals surface area contributed by atoms with Crippen molar-refractivity contribution in [2.75, 3.05) is 6.61 Å². The minimum Gasteiger partial charge on any atom is -0.501 e. The third-order valence-electron chi connectivity index (χ3n) is 2.29. The van der Waals surface area contributed by atoms with Gasteiger partial charge in [0.25, 0.3) is 0 Å². The number of hydrogen-bond donors (Lipinski definition) is 0. The number of allylic oxidation sites excluding steroid dienone is 2. The smallest absolute Gasteiger partial charge is 0.113 e. The zero-order valence-electron chi connectivity index (χ0n) is 8.77. The van der Waals surface area contributed by atoms with E-state index in [1.807, 2.05) is 25.1 Å². The van der Waals surface area contributed by atoms with Crippen LogP contribution in [0.3, 0.4) is 0 Å². The SMILES string of the molecule is CCO/C=C\C1=COCc2ccccc21. The summed E-state index contributed by atoms with van der Waals surface area (Å²) in [5, 5.41) is 0. The maximum Gasteiger partial charge on any atom is 0.113 e. The van der Waals surface area contributed by atoms with Crippen molar-refractivity contribution in [3.63, 3.8) is 0 Å². The topological polar surface area (TPSA) is 18.5 Å². The predicted octanol–water partition coefficient (Wildman–Crippen LogP) is 3.11. The van der Waals surface area contributed by atoms with Crippen LogP contribution in [0.25, 0.3) is 5.57 Å². The second kappa shape index (κ2) is 4.69. The van der Waals surface area contributed by atoms with Crippen LogP contribution in [0.4, 0.5) is 0 Å². The van der Waals surface area contributed by atoms with Crippen molar-refractivity contribution < 1.29 is 9.47 Å². The third kappa shape index (κ3) is 2.21. The fourth-order valence-electron chi connectivity index (χ4n) is 1.56. The molecule has 0 N–H and O–H groups in total. The van der Waals surface area contributed by atoms with Gasteiger partial charge in [-0.25, -0.2) is 0 Å². The standard InChI is InChI=1S/C13H14O2/c1-2-14-8-7-12-10-15-9-11-5-3-4-6-13(11)12/h3-8,10H,2,9H2,1H3/b8-7-. The molecule has 0 saturated carbocycles. The average molecular weight is 202 g/mol. The molecule has 2 rings (SSSR count). The molecule has 0 atom stereocenters. The van der Waals surface area contributed by atoms with Crippen LogP contribution >= 0.6 is 0 Å². The Labute approximate surface area is 89.8 Å². The number of ether oxygens (including phenoxy) is 2. The monoisotopic (exact) mass is 202 g/mol. The first-order valence-electron chi connectivity index (χ1n) is 5.10. The Bertz CT molecular complexity index is 391. The summed E-state index contributed by atoms with van der Waals surface area (Å²) in [4.78, 5) is 0. The molecule has 1 aromatic rings. The van der Waals surface area contributed by atoms with Crippen LogP contribution in [-0.4, -0.2) is 6.61 Å². The van der Waals surface area contributed by atoms with Crippen LogP contribution in [0.5, 0.6) is 0 Å². The maximum atomic E-state index is 5.37. The predicted molar refractivity (Wildman–Crippen MR) is 60.0 cm³/mol. The molecule has 78 valence electrons. The molecule has 0 aromatic heterocycles. The van der Waals surface area contributed by atoms with E-state index in [0.29, 0.717) is 13.2 Å². The molecule has 15 heavy (non-hydrogen) atoms. The summed E-state index contributed by atoms with van der Waals surface area (Å²) < 4.78 is 10.5. The first-order chi connectivity index (χ1) is 7.42. The van der Waals surface area contributed by atoms with E-state index >= 15 is 0 Å². The second-order valence-electron chi connectivity index (χ2n) is 3.30. The van der Waals surface area contributed by atoms with E-state index in [2.05, 4.69) is 12.1 Å². The number of rotatable bonds is 3. The molecule has 1 heterocycles. The Morgan fingerprint density at radius 2 is 2.27 bits per heavy atom. The van der Waals surface area contributed by atoms with Crippen molar-refractivity contribution in [2.24, 2.45) is 0 Å². The average Bonchev–Trinajstić information content (AvgIpc) is 2.30. The largest absolute Gasteiger partial charge is 0.501 e. The number of benzene rings is 1. The Morgan fingerprint density at radius 1 is 1.40 bits per heavy atom. The van der Waals surface area contributed by atoms with Crippen molar-refractivity contribution in [3.8, 4) is 0 Å². The van der Waals surface area contributed by atoms with Gasteiger partial charge in [-0.05, 0) is 24.1 Å². The molecule has 0 spiro atoms. The molecule has 0 bridgehead atoms. The quantitative estimate of drug-likeness (QED) is 0.701. The molecule has 0 radical (unpaired) electrons. The molecule has 0 fully saturated rings. The molecule has 0 saturated heterocycles. The normalized spacial score (nSPS) is 14.3. The first kappa shape index (κ1) is 9.84. The minimum atomic E-state index is 0.655. The summed E-state index contributed by atoms with van der Waals surface area (Å²) >= 11 is 0. The van der Waals surface area contributed by atoms with E-state index in [1.54, 1.807) is 12.5 Å². The molecule has 1 aliphatic heterocycles. The lowest BCUT2D eigenvalue weighted by Gasteiger charge is -2.15. The van der Waals surface area contributed by atoms with Crippen LogP contribution in [0.1, 0.15) is 18.1 Å². The van der Waals surface area contributed by atoms with Crippen molar-refractivity contribution >= 4 is 5.57 Å². The zero-order valence-corrected chi connectivity index (χ0v) is 8.77. The van der Waals surface area contributed by atoms with Gasteiger partial charge in [0, 0.05) is 5.57 Å². The van der Waals surface area contributed by atoms with Gasteiger partial charge in [0.2, 0.25) is 0 Å². The van der Waals surface area contributed by atoms with Gasteiger partial charge in [0.05, 0.1) is 19.1 Å². The van der Waals surface area contributed by atoms with Crippen molar-refractivity contribution in [3.05, 3.63) is 54.0 Å². The maximum absolute atomic E-state index is 5.37. The molecule has 1 aromatic carbocycles. The van der Waals surface area contributed by atoms with Gasteiger partial charge >= 0.3 is 0 Å². The Balaban J connectivity index is 2.23. The highest BCUT2D eigenvalue weighted by molar-refractivity contribution is 5.75. The van der Waals surface area contributed by atoms with Crippen LogP contribution < -0.4 is 0 Å². The third-order valence-corrected chi connectivity index (χ3v) is 2.29. The highest BCUT2D eigenvalue weighted by Crippen LogP contribution is 2.25. The van der Waals surface area contributed by atoms with Gasteiger partial charge in [-0.3, -0.25) is 0 Å². The molecular weight excluding hydrogens is 188 g/mol. The second-order valence-corrected chi connectivity index (χ2v) is 3.30. The molecule has 0 aliphatic carbocycles. The van der Waals surface area contributed by atoms with Crippen LogP contribution in [0.2, 0.25) is 0 Å². The summed E-state index contributed by atoms with van der Waals surface area (Å²) in [5.74, 6) is 0. The Kier molecular flexibility index (Phi) is 3.08. The van der Waals surface area contributed by atoms with Crippen LogP contribution in [-0.2, 0) is 16.1 Å². The van der Waals surface area contributed by atoms with Crippen LogP contribution in [0.15, 0.2) is 42.9 Å². The summed E-state index contributed by atoms with van der Waals surface area (Å²) in [6.45, 7) is 3.30. The van der Waals surface area contributed by atoms with Gasteiger partial charge in [0.15, 0.2) is 0 Å². The molecule has 2 heteroatoms. The van der Waals surface area contributed by atoms with E-state index in [9.17, 15) is 0 Å². The molecule has 0 unspecified atom stereocenters. The Hall–Kier alpha value is -1.70. The summed E-state index contributed by atoms with van der Waals surface area (Å²) in [5.41, 5.74) is 3.50. The van der Waals surface area contributed by atoms with E-state index < -0.39 is 0 Å². The van der Waals surface area contributed by atoms with Crippen molar-refractivity contribution in [1.29, 1.82) is 0 Å².